The first-order valence-electron chi connectivity index (χ1n) is 7.69. The highest BCUT2D eigenvalue weighted by Crippen LogP contribution is 2.32. The molecule has 1 N–H and O–H groups in total. The second kappa shape index (κ2) is 7.64. The molecule has 2 aromatic rings. The molecule has 0 aliphatic carbocycles. The molecular formula is C18H17NO7. The smallest absolute Gasteiger partial charge is 0.338 e. The van der Waals surface area contributed by atoms with Crippen molar-refractivity contribution >= 4 is 17.6 Å². The summed E-state index contributed by atoms with van der Waals surface area (Å²) in [6.07, 6.45) is 0. The maximum atomic E-state index is 12.1. The second-order valence-corrected chi connectivity index (χ2v) is 5.26. The standard InChI is InChI=1S/C18H17NO7/c1-22-12-4-6-14(23-2)13(8-12)19-17(20)9-24-18(21)11-3-5-15-16(7-11)26-10-25-15/h3-8H,9-10H2,1-2H3,(H,19,20). The van der Waals surface area contributed by atoms with Crippen LogP contribution in [0.2, 0.25) is 0 Å². The van der Waals surface area contributed by atoms with Gasteiger partial charge < -0.3 is 29.0 Å². The fraction of sp³-hybridized carbons (Fsp3) is 0.222. The number of carbonyl (C=O) groups excluding carboxylic acids is 2. The molecule has 26 heavy (non-hydrogen) atoms. The summed E-state index contributed by atoms with van der Waals surface area (Å²) in [6.45, 7) is -0.341. The van der Waals surface area contributed by atoms with Gasteiger partial charge in [-0.25, -0.2) is 4.79 Å². The maximum absolute atomic E-state index is 12.1. The molecule has 2 aromatic carbocycles. The van der Waals surface area contributed by atoms with Crippen molar-refractivity contribution in [2.45, 2.75) is 0 Å². The van der Waals surface area contributed by atoms with E-state index in [-0.39, 0.29) is 12.4 Å². The van der Waals surface area contributed by atoms with E-state index >= 15 is 0 Å². The van der Waals surface area contributed by atoms with Crippen LogP contribution in [0.25, 0.3) is 0 Å². The minimum Gasteiger partial charge on any atom is -0.497 e. The Kier molecular flexibility index (Phi) is 5.12. The van der Waals surface area contributed by atoms with Crippen LogP contribution in [-0.4, -0.2) is 39.5 Å². The zero-order chi connectivity index (χ0) is 18.5. The number of benzene rings is 2. The number of ether oxygens (including phenoxy) is 5. The summed E-state index contributed by atoms with van der Waals surface area (Å²) in [5.41, 5.74) is 0.678. The molecule has 1 heterocycles. The third-order valence-electron chi connectivity index (χ3n) is 3.62. The van der Waals surface area contributed by atoms with Gasteiger partial charge in [-0.2, -0.15) is 0 Å². The molecule has 0 aromatic heterocycles. The van der Waals surface area contributed by atoms with Crippen molar-refractivity contribution in [2.75, 3.05) is 32.9 Å². The van der Waals surface area contributed by atoms with Crippen LogP contribution in [0.4, 0.5) is 5.69 Å². The largest absolute Gasteiger partial charge is 0.497 e. The van der Waals surface area contributed by atoms with E-state index < -0.39 is 18.5 Å². The lowest BCUT2D eigenvalue weighted by atomic mass is 10.2. The Morgan fingerprint density at radius 2 is 1.85 bits per heavy atom. The van der Waals surface area contributed by atoms with Crippen LogP contribution in [0.5, 0.6) is 23.0 Å². The number of hydrogen-bond donors (Lipinski definition) is 1. The number of methoxy groups -OCH3 is 2. The van der Waals surface area contributed by atoms with Gasteiger partial charge in [0.25, 0.3) is 5.91 Å². The second-order valence-electron chi connectivity index (χ2n) is 5.26. The lowest BCUT2D eigenvalue weighted by Crippen LogP contribution is -2.21. The molecule has 1 aliphatic heterocycles. The predicted octanol–water partition coefficient (Wildman–Crippen LogP) is 2.23. The van der Waals surface area contributed by atoms with Crippen LogP contribution in [0, 0.1) is 0 Å². The van der Waals surface area contributed by atoms with Gasteiger partial charge >= 0.3 is 5.97 Å². The van der Waals surface area contributed by atoms with E-state index in [1.54, 1.807) is 30.3 Å². The van der Waals surface area contributed by atoms with Gasteiger partial charge in [0.2, 0.25) is 6.79 Å². The van der Waals surface area contributed by atoms with Gasteiger partial charge in [0, 0.05) is 6.07 Å². The van der Waals surface area contributed by atoms with Crippen LogP contribution < -0.4 is 24.3 Å². The van der Waals surface area contributed by atoms with Crippen LogP contribution in [0.3, 0.4) is 0 Å². The zero-order valence-corrected chi connectivity index (χ0v) is 14.2. The van der Waals surface area contributed by atoms with E-state index in [0.29, 0.717) is 28.7 Å². The molecule has 1 aliphatic rings. The van der Waals surface area contributed by atoms with Crippen molar-refractivity contribution in [1.29, 1.82) is 0 Å². The van der Waals surface area contributed by atoms with Gasteiger partial charge in [0.1, 0.15) is 11.5 Å². The summed E-state index contributed by atoms with van der Waals surface area (Å²) < 4.78 is 25.7. The van der Waals surface area contributed by atoms with Crippen molar-refractivity contribution in [1.82, 2.24) is 0 Å². The monoisotopic (exact) mass is 359 g/mol. The minimum atomic E-state index is -0.643. The normalized spacial score (nSPS) is 11.6. The SMILES string of the molecule is COc1ccc(OC)c(NC(=O)COC(=O)c2ccc3c(c2)OCO3)c1. The molecule has 1 amide bonds. The summed E-state index contributed by atoms with van der Waals surface area (Å²) in [5, 5.41) is 2.62. The molecule has 0 unspecified atom stereocenters. The molecule has 136 valence electrons. The number of carbonyl (C=O) groups is 2. The van der Waals surface area contributed by atoms with Crippen molar-refractivity contribution in [3.63, 3.8) is 0 Å². The Hall–Kier alpha value is -3.42. The molecule has 8 nitrogen and oxygen atoms in total. The van der Waals surface area contributed by atoms with Crippen LogP contribution in [0.1, 0.15) is 10.4 Å². The highest BCUT2D eigenvalue weighted by Gasteiger charge is 2.18. The quantitative estimate of drug-likeness (QED) is 0.791. The Labute approximate surface area is 149 Å². The molecule has 0 saturated carbocycles. The first kappa shape index (κ1) is 17.4. The third-order valence-corrected chi connectivity index (χ3v) is 3.62. The topological polar surface area (TPSA) is 92.3 Å². The lowest BCUT2D eigenvalue weighted by molar-refractivity contribution is -0.119. The molecule has 0 spiro atoms. The molecule has 0 saturated heterocycles. The molecule has 0 atom stereocenters. The first-order chi connectivity index (χ1) is 12.6. The van der Waals surface area contributed by atoms with E-state index in [0.717, 1.165) is 0 Å². The number of anilines is 1. The van der Waals surface area contributed by atoms with Crippen molar-refractivity contribution in [3.05, 3.63) is 42.0 Å². The number of fused-ring (bicyclic) bond motifs is 1. The maximum Gasteiger partial charge on any atom is 0.338 e. The van der Waals surface area contributed by atoms with E-state index in [4.69, 9.17) is 23.7 Å². The summed E-state index contributed by atoms with van der Waals surface area (Å²) in [4.78, 5) is 24.2. The van der Waals surface area contributed by atoms with Gasteiger partial charge in [0.15, 0.2) is 18.1 Å². The molecule has 8 heteroatoms. The Morgan fingerprint density at radius 1 is 1.04 bits per heavy atom. The van der Waals surface area contributed by atoms with E-state index in [9.17, 15) is 9.59 Å². The average molecular weight is 359 g/mol. The predicted molar refractivity (Wildman–Crippen MR) is 91.0 cm³/mol. The fourth-order valence-corrected chi connectivity index (χ4v) is 2.34. The van der Waals surface area contributed by atoms with Crippen LogP contribution in [0.15, 0.2) is 36.4 Å². The van der Waals surface area contributed by atoms with E-state index in [2.05, 4.69) is 5.32 Å². The zero-order valence-electron chi connectivity index (χ0n) is 14.2. The minimum absolute atomic E-state index is 0.110. The van der Waals surface area contributed by atoms with Gasteiger partial charge in [-0.15, -0.1) is 0 Å². The van der Waals surface area contributed by atoms with E-state index in [1.807, 2.05) is 0 Å². The number of hydrogen-bond acceptors (Lipinski definition) is 7. The van der Waals surface area contributed by atoms with Crippen molar-refractivity contribution < 1.29 is 33.3 Å². The van der Waals surface area contributed by atoms with E-state index in [1.165, 1.54) is 20.3 Å². The summed E-state index contributed by atoms with van der Waals surface area (Å²) >= 11 is 0. The van der Waals surface area contributed by atoms with Crippen LogP contribution in [-0.2, 0) is 9.53 Å². The fourth-order valence-electron chi connectivity index (χ4n) is 2.34. The molecule has 0 radical (unpaired) electrons. The van der Waals surface area contributed by atoms with Crippen molar-refractivity contribution in [2.24, 2.45) is 0 Å². The Morgan fingerprint density at radius 3 is 2.62 bits per heavy atom. The van der Waals surface area contributed by atoms with Gasteiger partial charge in [-0.05, 0) is 30.3 Å². The molecule has 3 rings (SSSR count). The number of esters is 1. The average Bonchev–Trinajstić information content (AvgIpc) is 3.13. The molecular weight excluding hydrogens is 342 g/mol. The summed E-state index contributed by atoms with van der Waals surface area (Å²) in [7, 11) is 3.00. The summed E-state index contributed by atoms with van der Waals surface area (Å²) in [5.74, 6) is 0.885. The molecule has 0 bridgehead atoms. The van der Waals surface area contributed by atoms with Gasteiger partial charge in [-0.3, -0.25) is 4.79 Å². The lowest BCUT2D eigenvalue weighted by Gasteiger charge is -2.12. The van der Waals surface area contributed by atoms with Gasteiger partial charge in [-0.1, -0.05) is 0 Å². The Balaban J connectivity index is 1.59. The Bertz CT molecular complexity index is 834. The van der Waals surface area contributed by atoms with Crippen LogP contribution >= 0.6 is 0 Å². The molecule has 0 fully saturated rings. The third kappa shape index (κ3) is 3.80. The number of amides is 1. The first-order valence-corrected chi connectivity index (χ1v) is 7.69. The highest BCUT2D eigenvalue weighted by atomic mass is 16.7. The number of nitrogens with one attached hydrogen (secondary N) is 1. The highest BCUT2D eigenvalue weighted by molar-refractivity contribution is 5.96. The number of rotatable bonds is 6. The summed E-state index contributed by atoms with van der Waals surface area (Å²) in [6, 6.07) is 9.63. The van der Waals surface area contributed by atoms with Crippen molar-refractivity contribution in [3.8, 4) is 23.0 Å². The van der Waals surface area contributed by atoms with Gasteiger partial charge in [0.05, 0.1) is 25.5 Å².